The van der Waals surface area contributed by atoms with Crippen molar-refractivity contribution in [1.29, 1.82) is 0 Å². The molecule has 0 aromatic carbocycles. The fourth-order valence-corrected chi connectivity index (χ4v) is 8.46. The Hall–Kier alpha value is -1.54. The third-order valence-corrected chi connectivity index (χ3v) is 13.0. The lowest BCUT2D eigenvalue weighted by Crippen LogP contribution is -2.45. The lowest BCUT2D eigenvalue weighted by molar-refractivity contribution is -0.870. The van der Waals surface area contributed by atoms with Crippen LogP contribution >= 0.6 is 7.82 Å². The summed E-state index contributed by atoms with van der Waals surface area (Å²) in [6.45, 7) is 4.72. The molecule has 64 heavy (non-hydrogen) atoms. The first-order valence-corrected chi connectivity index (χ1v) is 28.5. The molecule has 0 rings (SSSR count). The molecule has 0 spiro atoms. The van der Waals surface area contributed by atoms with Gasteiger partial charge in [-0.05, 0) is 64.2 Å². The zero-order valence-corrected chi connectivity index (χ0v) is 43.7. The summed E-state index contributed by atoms with van der Waals surface area (Å²) in [6.07, 6.45) is 61.0. The monoisotopic (exact) mass is 922 g/mol. The predicted molar refractivity (Wildman–Crippen MR) is 277 cm³/mol. The second kappa shape index (κ2) is 46.6. The van der Waals surface area contributed by atoms with E-state index in [0.717, 1.165) is 70.6 Å². The van der Waals surface area contributed by atoms with Gasteiger partial charge in [-0.1, -0.05) is 223 Å². The topological polar surface area (TPSA) is 105 Å². The standard InChI is InChI=1S/C55H105N2O6P/c1-6-8-10-12-14-16-18-19-20-21-22-23-24-25-26-27-28-29-30-31-32-33-34-35-36-37-38-39-40-42-44-46-48-54(58)53(52-63-64(60,61)62-51-50-57(3,4)5)56-55(59)49-47-45-43-41-17-15-13-11-9-7-2/h11,13,35-36,39-40,46,48,53-54,58H,6-10,12,14-34,37-38,41-45,47,49-52H2,1-5H3,(H-,56,59,60,61)/p+1/b13-11-,36-35+,40-39+,48-46+. The number of carbonyl (C=O) groups is 1. The molecule has 8 nitrogen and oxygen atoms in total. The molecule has 0 bridgehead atoms. The Labute approximate surface area is 397 Å². The first kappa shape index (κ1) is 62.5. The van der Waals surface area contributed by atoms with E-state index in [0.29, 0.717) is 17.4 Å². The number of unbranched alkanes of at least 4 members (excludes halogenated alkanes) is 30. The van der Waals surface area contributed by atoms with Gasteiger partial charge in [-0.15, -0.1) is 0 Å². The summed E-state index contributed by atoms with van der Waals surface area (Å²) >= 11 is 0. The van der Waals surface area contributed by atoms with Crippen LogP contribution in [0.25, 0.3) is 0 Å². The number of phosphoric ester groups is 1. The molecule has 3 atom stereocenters. The molecule has 0 saturated heterocycles. The highest BCUT2D eigenvalue weighted by Crippen LogP contribution is 2.43. The number of quaternary nitrogens is 1. The van der Waals surface area contributed by atoms with Gasteiger partial charge in [0, 0.05) is 6.42 Å². The molecule has 376 valence electrons. The summed E-state index contributed by atoms with van der Waals surface area (Å²) in [5.41, 5.74) is 0. The van der Waals surface area contributed by atoms with Crippen LogP contribution in [0.5, 0.6) is 0 Å². The summed E-state index contributed by atoms with van der Waals surface area (Å²) in [5.74, 6) is -0.203. The van der Waals surface area contributed by atoms with Crippen LogP contribution in [0.15, 0.2) is 48.6 Å². The first-order valence-electron chi connectivity index (χ1n) is 27.0. The number of aliphatic hydroxyl groups is 1. The van der Waals surface area contributed by atoms with Crippen molar-refractivity contribution >= 4 is 13.7 Å². The Morgan fingerprint density at radius 1 is 0.516 bits per heavy atom. The maximum absolute atomic E-state index is 12.8. The minimum atomic E-state index is -4.35. The molecule has 0 aromatic heterocycles. The van der Waals surface area contributed by atoms with Gasteiger partial charge >= 0.3 is 7.82 Å². The molecular formula is C55H106N2O6P+. The minimum Gasteiger partial charge on any atom is -0.387 e. The largest absolute Gasteiger partial charge is 0.472 e. The third-order valence-electron chi connectivity index (χ3n) is 12.0. The number of hydrogen-bond donors (Lipinski definition) is 3. The molecule has 0 radical (unpaired) electrons. The number of phosphoric acid groups is 1. The van der Waals surface area contributed by atoms with Crippen molar-refractivity contribution in [3.05, 3.63) is 48.6 Å². The van der Waals surface area contributed by atoms with Gasteiger partial charge in [0.2, 0.25) is 5.91 Å². The minimum absolute atomic E-state index is 0.0509. The average Bonchev–Trinajstić information content (AvgIpc) is 3.25. The summed E-state index contributed by atoms with van der Waals surface area (Å²) in [5, 5.41) is 13.8. The molecule has 0 heterocycles. The second-order valence-electron chi connectivity index (χ2n) is 19.6. The normalized spacial score (nSPS) is 14.4. The van der Waals surface area contributed by atoms with Crippen molar-refractivity contribution in [2.24, 2.45) is 0 Å². The summed E-state index contributed by atoms with van der Waals surface area (Å²) in [4.78, 5) is 23.1. The highest BCUT2D eigenvalue weighted by Gasteiger charge is 2.27. The van der Waals surface area contributed by atoms with E-state index in [1.807, 2.05) is 27.2 Å². The lowest BCUT2D eigenvalue weighted by atomic mass is 10.0. The maximum atomic E-state index is 12.8. The fourth-order valence-electron chi connectivity index (χ4n) is 7.72. The van der Waals surface area contributed by atoms with E-state index in [1.165, 1.54) is 154 Å². The van der Waals surface area contributed by atoms with E-state index in [1.54, 1.807) is 6.08 Å². The molecule has 3 unspecified atom stereocenters. The summed E-state index contributed by atoms with van der Waals surface area (Å²) < 4.78 is 23.5. The van der Waals surface area contributed by atoms with Gasteiger partial charge in [-0.2, -0.15) is 0 Å². The molecule has 0 aliphatic rings. The van der Waals surface area contributed by atoms with Crippen LogP contribution < -0.4 is 5.32 Å². The molecule has 0 saturated carbocycles. The number of nitrogens with one attached hydrogen (secondary N) is 1. The van der Waals surface area contributed by atoms with Crippen LogP contribution in [-0.2, 0) is 18.4 Å². The van der Waals surface area contributed by atoms with E-state index in [9.17, 15) is 19.4 Å². The highest BCUT2D eigenvalue weighted by atomic mass is 31.2. The molecule has 0 aliphatic heterocycles. The van der Waals surface area contributed by atoms with E-state index >= 15 is 0 Å². The molecule has 0 fully saturated rings. The van der Waals surface area contributed by atoms with Crippen molar-refractivity contribution in [3.63, 3.8) is 0 Å². The Balaban J connectivity index is 4.12. The number of allylic oxidation sites excluding steroid dienone is 7. The van der Waals surface area contributed by atoms with Crippen LogP contribution in [0.2, 0.25) is 0 Å². The smallest absolute Gasteiger partial charge is 0.387 e. The lowest BCUT2D eigenvalue weighted by Gasteiger charge is -2.25. The van der Waals surface area contributed by atoms with Gasteiger partial charge in [0.15, 0.2) is 0 Å². The fraction of sp³-hybridized carbons (Fsp3) is 0.836. The Morgan fingerprint density at radius 2 is 0.891 bits per heavy atom. The number of likely N-dealkylation sites (N-methyl/N-ethyl adjacent to an activating group) is 1. The quantitative estimate of drug-likeness (QED) is 0.0243. The molecule has 0 aliphatic carbocycles. The van der Waals surface area contributed by atoms with Gasteiger partial charge in [-0.3, -0.25) is 13.8 Å². The van der Waals surface area contributed by atoms with Crippen LogP contribution in [-0.4, -0.2) is 73.4 Å². The molecule has 0 aromatic rings. The van der Waals surface area contributed by atoms with E-state index in [-0.39, 0.29) is 19.1 Å². The Bertz CT molecular complexity index is 1180. The van der Waals surface area contributed by atoms with Crippen molar-refractivity contribution in [2.45, 2.75) is 257 Å². The molecule has 9 heteroatoms. The molecule has 1 amide bonds. The van der Waals surface area contributed by atoms with E-state index in [2.05, 4.69) is 55.6 Å². The third kappa shape index (κ3) is 48.4. The summed E-state index contributed by atoms with van der Waals surface area (Å²) in [6, 6.07) is -0.873. The Morgan fingerprint density at radius 3 is 1.31 bits per heavy atom. The zero-order chi connectivity index (χ0) is 47.1. The van der Waals surface area contributed by atoms with Crippen molar-refractivity contribution < 1.29 is 32.9 Å². The average molecular weight is 922 g/mol. The number of carbonyl (C=O) groups excluding carboxylic acids is 1. The number of aliphatic hydroxyl groups excluding tert-OH is 1. The number of amides is 1. The predicted octanol–water partition coefficient (Wildman–Crippen LogP) is 16.0. The maximum Gasteiger partial charge on any atom is 0.472 e. The van der Waals surface area contributed by atoms with Crippen LogP contribution in [0.3, 0.4) is 0 Å². The van der Waals surface area contributed by atoms with Crippen LogP contribution in [0.1, 0.15) is 245 Å². The van der Waals surface area contributed by atoms with E-state index in [4.69, 9.17) is 9.05 Å². The van der Waals surface area contributed by atoms with Crippen molar-refractivity contribution in [1.82, 2.24) is 5.32 Å². The molecule has 3 N–H and O–H groups in total. The second-order valence-corrected chi connectivity index (χ2v) is 21.0. The SMILES string of the molecule is CCC/C=C\CCCCCCCC(=O)NC(COP(=O)(O)OCC[N+](C)(C)C)C(O)/C=C/CC/C=C/CC/C=C/CCCCCCCCCCCCCCCCCCCCCCCC. The number of hydrogen-bond acceptors (Lipinski definition) is 5. The van der Waals surface area contributed by atoms with Gasteiger partial charge in [0.25, 0.3) is 0 Å². The van der Waals surface area contributed by atoms with Crippen LogP contribution in [0.4, 0.5) is 0 Å². The van der Waals surface area contributed by atoms with Gasteiger partial charge in [0.1, 0.15) is 13.2 Å². The number of rotatable bonds is 49. The molecular weight excluding hydrogens is 816 g/mol. The van der Waals surface area contributed by atoms with Gasteiger partial charge in [-0.25, -0.2) is 4.57 Å². The summed E-state index contributed by atoms with van der Waals surface area (Å²) in [7, 11) is 1.54. The highest BCUT2D eigenvalue weighted by molar-refractivity contribution is 7.47. The zero-order valence-electron chi connectivity index (χ0n) is 42.8. The Kier molecular flexibility index (Phi) is 45.4. The first-order chi connectivity index (χ1) is 31.0. The van der Waals surface area contributed by atoms with Gasteiger partial charge in [0.05, 0.1) is 39.9 Å². The number of nitrogens with zero attached hydrogens (tertiary/aromatic N) is 1. The van der Waals surface area contributed by atoms with Crippen molar-refractivity contribution in [2.75, 3.05) is 40.9 Å². The van der Waals surface area contributed by atoms with E-state index < -0.39 is 20.0 Å². The van der Waals surface area contributed by atoms with Crippen LogP contribution in [0, 0.1) is 0 Å². The van der Waals surface area contributed by atoms with Crippen molar-refractivity contribution in [3.8, 4) is 0 Å². The van der Waals surface area contributed by atoms with Gasteiger partial charge < -0.3 is 19.8 Å².